The van der Waals surface area contributed by atoms with Crippen LogP contribution in [-0.2, 0) is 4.74 Å². The van der Waals surface area contributed by atoms with Crippen molar-refractivity contribution in [3.8, 4) is 11.4 Å². The quantitative estimate of drug-likeness (QED) is 0.733. The van der Waals surface area contributed by atoms with Crippen LogP contribution in [0.15, 0.2) is 15.8 Å². The summed E-state index contributed by atoms with van der Waals surface area (Å²) in [6.07, 6.45) is 2.65. The second-order valence-corrected chi connectivity index (χ2v) is 10.2. The summed E-state index contributed by atoms with van der Waals surface area (Å²) in [5.74, 6) is 1.16. The lowest BCUT2D eigenvalue weighted by atomic mass is 9.98. The normalized spacial score (nSPS) is 18.0. The summed E-state index contributed by atoms with van der Waals surface area (Å²) >= 11 is 3.23. The average molecular weight is 449 g/mol. The van der Waals surface area contributed by atoms with Crippen molar-refractivity contribution in [3.63, 3.8) is 0 Å². The van der Waals surface area contributed by atoms with Crippen molar-refractivity contribution in [1.82, 2.24) is 20.2 Å². The Bertz CT molecular complexity index is 909. The molecule has 0 bridgehead atoms. The van der Waals surface area contributed by atoms with Crippen LogP contribution < -0.4 is 10.6 Å². The predicted octanol–water partition coefficient (Wildman–Crippen LogP) is 4.14. The standard InChI is InChI=1S/C20H28N6O2S2/c1-20(2,3)28-19(27)26-9-5-13(6-10-26)16-23-14(11-29-16)15-12-30-18(24-15)25-17-21-7-4-8-22-17/h11-13H,4-10H2,1-3H3,(H2,21,22,24,25). The summed E-state index contributed by atoms with van der Waals surface area (Å²) in [5, 5.41) is 12.5. The number of carbonyl (C=O) groups excluding carboxylic acids is 1. The van der Waals surface area contributed by atoms with Gasteiger partial charge in [0.05, 0.1) is 5.01 Å². The number of hydrogen-bond donors (Lipinski definition) is 2. The molecule has 0 atom stereocenters. The molecule has 8 nitrogen and oxygen atoms in total. The van der Waals surface area contributed by atoms with Crippen molar-refractivity contribution in [2.75, 3.05) is 31.5 Å². The molecule has 0 aromatic carbocycles. The van der Waals surface area contributed by atoms with E-state index in [1.54, 1.807) is 27.6 Å². The van der Waals surface area contributed by atoms with Gasteiger partial charge in [0.15, 0.2) is 11.1 Å². The van der Waals surface area contributed by atoms with Crippen LogP contribution in [0, 0.1) is 0 Å². The number of ether oxygens (including phenoxy) is 1. The number of aliphatic imine (C=N–C) groups is 1. The van der Waals surface area contributed by atoms with Gasteiger partial charge < -0.3 is 20.3 Å². The molecule has 10 heteroatoms. The number of carbonyl (C=O) groups is 1. The number of anilines is 1. The van der Waals surface area contributed by atoms with E-state index in [-0.39, 0.29) is 6.09 Å². The Balaban J connectivity index is 1.34. The molecule has 2 aliphatic rings. The van der Waals surface area contributed by atoms with Crippen molar-refractivity contribution >= 4 is 39.9 Å². The number of aromatic nitrogens is 2. The third-order valence-corrected chi connectivity index (χ3v) is 6.67. The van der Waals surface area contributed by atoms with Crippen molar-refractivity contribution in [3.05, 3.63) is 15.8 Å². The number of piperidine rings is 1. The van der Waals surface area contributed by atoms with Gasteiger partial charge in [-0.1, -0.05) is 0 Å². The predicted molar refractivity (Wildman–Crippen MR) is 122 cm³/mol. The minimum Gasteiger partial charge on any atom is -0.444 e. The number of likely N-dealkylation sites (tertiary alicyclic amines) is 1. The van der Waals surface area contributed by atoms with Gasteiger partial charge in [-0.25, -0.2) is 14.8 Å². The van der Waals surface area contributed by atoms with Gasteiger partial charge in [0.2, 0.25) is 0 Å². The third kappa shape index (κ3) is 5.28. The van der Waals surface area contributed by atoms with Gasteiger partial charge in [-0.15, -0.1) is 22.7 Å². The maximum absolute atomic E-state index is 12.3. The van der Waals surface area contributed by atoms with Gasteiger partial charge in [0.25, 0.3) is 0 Å². The Morgan fingerprint density at radius 3 is 2.63 bits per heavy atom. The highest BCUT2D eigenvalue weighted by Crippen LogP contribution is 2.34. The molecule has 2 aliphatic heterocycles. The minimum atomic E-state index is -0.459. The first-order valence-electron chi connectivity index (χ1n) is 10.3. The van der Waals surface area contributed by atoms with Crippen LogP contribution in [0.3, 0.4) is 0 Å². The molecule has 2 aromatic heterocycles. The Hall–Kier alpha value is -2.20. The van der Waals surface area contributed by atoms with Gasteiger partial charge in [-0.05, 0) is 40.0 Å². The molecule has 2 N–H and O–H groups in total. The van der Waals surface area contributed by atoms with E-state index in [4.69, 9.17) is 9.72 Å². The van der Waals surface area contributed by atoms with E-state index < -0.39 is 5.60 Å². The molecule has 1 fully saturated rings. The van der Waals surface area contributed by atoms with Crippen LogP contribution >= 0.6 is 22.7 Å². The number of nitrogens with zero attached hydrogens (tertiary/aromatic N) is 4. The molecule has 30 heavy (non-hydrogen) atoms. The number of hydrogen-bond acceptors (Lipinski definition) is 9. The fraction of sp³-hybridized carbons (Fsp3) is 0.600. The van der Waals surface area contributed by atoms with Gasteiger partial charge in [0.1, 0.15) is 17.0 Å². The molecule has 2 aromatic rings. The monoisotopic (exact) mass is 448 g/mol. The molecule has 0 unspecified atom stereocenters. The molecular formula is C20H28N6O2S2. The maximum atomic E-state index is 12.3. The Morgan fingerprint density at radius 1 is 1.20 bits per heavy atom. The lowest BCUT2D eigenvalue weighted by Crippen LogP contribution is -2.41. The van der Waals surface area contributed by atoms with Crippen LogP contribution in [0.4, 0.5) is 9.93 Å². The first-order valence-corrected chi connectivity index (χ1v) is 12.1. The fourth-order valence-corrected chi connectivity index (χ4v) is 5.08. The van der Waals surface area contributed by atoms with E-state index in [0.29, 0.717) is 19.0 Å². The van der Waals surface area contributed by atoms with Crippen molar-refractivity contribution in [1.29, 1.82) is 0 Å². The van der Waals surface area contributed by atoms with E-state index in [1.165, 1.54) is 0 Å². The Kier molecular flexibility index (Phi) is 6.24. The smallest absolute Gasteiger partial charge is 0.410 e. The first kappa shape index (κ1) is 21.0. The highest BCUT2D eigenvalue weighted by molar-refractivity contribution is 7.14. The van der Waals surface area contributed by atoms with E-state index in [9.17, 15) is 4.79 Å². The molecule has 4 heterocycles. The first-order chi connectivity index (χ1) is 14.4. The topological polar surface area (TPSA) is 91.7 Å². The number of thiazole rings is 2. The highest BCUT2D eigenvalue weighted by Gasteiger charge is 2.29. The molecule has 0 aliphatic carbocycles. The largest absolute Gasteiger partial charge is 0.444 e. The molecule has 1 saturated heterocycles. The second kappa shape index (κ2) is 8.89. The number of guanidine groups is 1. The van der Waals surface area contributed by atoms with E-state index >= 15 is 0 Å². The molecule has 1 amide bonds. The molecule has 4 rings (SSSR count). The molecule has 0 spiro atoms. The summed E-state index contributed by atoms with van der Waals surface area (Å²) in [5.41, 5.74) is 1.33. The van der Waals surface area contributed by atoms with Crippen LogP contribution in [0.5, 0.6) is 0 Å². The zero-order valence-electron chi connectivity index (χ0n) is 17.6. The molecular weight excluding hydrogens is 420 g/mol. The fourth-order valence-electron chi connectivity index (χ4n) is 3.39. The van der Waals surface area contributed by atoms with E-state index in [2.05, 4.69) is 26.0 Å². The summed E-state index contributed by atoms with van der Waals surface area (Å²) in [4.78, 5) is 28.0. The molecule has 0 radical (unpaired) electrons. The zero-order valence-corrected chi connectivity index (χ0v) is 19.2. The summed E-state index contributed by atoms with van der Waals surface area (Å²) in [6, 6.07) is 0. The lowest BCUT2D eigenvalue weighted by molar-refractivity contribution is 0.0205. The van der Waals surface area contributed by atoms with Gasteiger partial charge in [-0.3, -0.25) is 4.99 Å². The van der Waals surface area contributed by atoms with Gasteiger partial charge >= 0.3 is 6.09 Å². The molecule has 162 valence electrons. The van der Waals surface area contributed by atoms with Crippen molar-refractivity contribution in [2.24, 2.45) is 4.99 Å². The average Bonchev–Trinajstić information content (AvgIpc) is 3.37. The number of amides is 1. The third-order valence-electron chi connectivity index (χ3n) is 4.91. The van der Waals surface area contributed by atoms with Gasteiger partial charge in [-0.2, -0.15) is 0 Å². The van der Waals surface area contributed by atoms with Crippen molar-refractivity contribution < 1.29 is 9.53 Å². The number of nitrogens with one attached hydrogen (secondary N) is 2. The van der Waals surface area contributed by atoms with Gasteiger partial charge in [0, 0.05) is 42.9 Å². The number of rotatable bonds is 3. The van der Waals surface area contributed by atoms with E-state index in [0.717, 1.165) is 59.8 Å². The van der Waals surface area contributed by atoms with Crippen LogP contribution in [0.2, 0.25) is 0 Å². The minimum absolute atomic E-state index is 0.222. The molecule has 0 saturated carbocycles. The Morgan fingerprint density at radius 2 is 1.93 bits per heavy atom. The SMILES string of the molecule is CC(C)(C)OC(=O)N1CCC(c2nc(-c3csc(NC4=NCCCN4)n3)cs2)CC1. The summed E-state index contributed by atoms with van der Waals surface area (Å²) < 4.78 is 5.48. The summed E-state index contributed by atoms with van der Waals surface area (Å²) in [6.45, 7) is 8.87. The van der Waals surface area contributed by atoms with Crippen LogP contribution in [-0.4, -0.2) is 58.7 Å². The van der Waals surface area contributed by atoms with Crippen LogP contribution in [0.25, 0.3) is 11.4 Å². The van der Waals surface area contributed by atoms with Crippen molar-refractivity contribution in [2.45, 2.75) is 51.6 Å². The van der Waals surface area contributed by atoms with Crippen LogP contribution in [0.1, 0.15) is 51.0 Å². The summed E-state index contributed by atoms with van der Waals surface area (Å²) in [7, 11) is 0. The highest BCUT2D eigenvalue weighted by atomic mass is 32.1. The Labute approximate surface area is 184 Å². The maximum Gasteiger partial charge on any atom is 0.410 e. The zero-order chi connectivity index (χ0) is 21.1. The van der Waals surface area contributed by atoms with E-state index in [1.807, 2.05) is 26.2 Å². The second-order valence-electron chi connectivity index (χ2n) is 8.49. The lowest BCUT2D eigenvalue weighted by Gasteiger charge is -2.32.